The van der Waals surface area contributed by atoms with Crippen LogP contribution in [-0.2, 0) is 10.2 Å². The minimum atomic E-state index is -0.289. The molecule has 2 amide bonds. The quantitative estimate of drug-likeness (QED) is 0.569. The lowest BCUT2D eigenvalue weighted by Crippen LogP contribution is -2.14. The van der Waals surface area contributed by atoms with E-state index in [-0.39, 0.29) is 17.2 Å². The summed E-state index contributed by atoms with van der Waals surface area (Å²) >= 11 is 0. The lowest BCUT2D eigenvalue weighted by molar-refractivity contribution is -0.111. The molecule has 0 unspecified atom stereocenters. The van der Waals surface area contributed by atoms with E-state index in [4.69, 9.17) is 4.42 Å². The van der Waals surface area contributed by atoms with Gasteiger partial charge in [-0.05, 0) is 59.5 Å². The van der Waals surface area contributed by atoms with Gasteiger partial charge in [-0.1, -0.05) is 39.0 Å². The molecule has 2 N–H and O–H groups in total. The molecule has 5 heteroatoms. The lowest BCUT2D eigenvalue weighted by atomic mass is 9.87. The van der Waals surface area contributed by atoms with Crippen LogP contribution in [0.15, 0.2) is 77.4 Å². The minimum Gasteiger partial charge on any atom is -0.465 e. The largest absolute Gasteiger partial charge is 0.465 e. The maximum Gasteiger partial charge on any atom is 0.255 e. The van der Waals surface area contributed by atoms with Crippen molar-refractivity contribution in [2.75, 3.05) is 10.6 Å². The molecule has 0 saturated heterocycles. The van der Waals surface area contributed by atoms with Crippen LogP contribution in [0.25, 0.3) is 6.08 Å². The van der Waals surface area contributed by atoms with E-state index in [2.05, 4.69) is 31.4 Å². The molecule has 0 aliphatic heterocycles. The van der Waals surface area contributed by atoms with E-state index >= 15 is 0 Å². The molecule has 29 heavy (non-hydrogen) atoms. The summed E-state index contributed by atoms with van der Waals surface area (Å²) in [6, 6.07) is 18.1. The summed E-state index contributed by atoms with van der Waals surface area (Å²) in [6.45, 7) is 6.39. The number of hydrogen-bond acceptors (Lipinski definition) is 3. The number of hydrogen-bond donors (Lipinski definition) is 2. The first-order valence-corrected chi connectivity index (χ1v) is 9.36. The fraction of sp³-hybridized carbons (Fsp3) is 0.167. The molecule has 2 aromatic carbocycles. The summed E-state index contributed by atoms with van der Waals surface area (Å²) in [7, 11) is 0. The summed E-state index contributed by atoms with van der Waals surface area (Å²) in [6.07, 6.45) is 4.52. The molecule has 0 spiro atoms. The Morgan fingerprint density at radius 2 is 1.59 bits per heavy atom. The van der Waals surface area contributed by atoms with Gasteiger partial charge < -0.3 is 15.1 Å². The van der Waals surface area contributed by atoms with E-state index in [0.717, 1.165) is 0 Å². The molecular weight excluding hydrogens is 364 g/mol. The number of amides is 2. The zero-order valence-electron chi connectivity index (χ0n) is 16.7. The Morgan fingerprint density at radius 3 is 2.21 bits per heavy atom. The Kier molecular flexibility index (Phi) is 5.98. The van der Waals surface area contributed by atoms with E-state index < -0.39 is 0 Å². The van der Waals surface area contributed by atoms with Gasteiger partial charge in [0.1, 0.15) is 5.76 Å². The Hall–Kier alpha value is -3.60. The van der Waals surface area contributed by atoms with Crippen LogP contribution in [-0.4, -0.2) is 11.8 Å². The zero-order chi connectivity index (χ0) is 20.9. The van der Waals surface area contributed by atoms with E-state index in [1.165, 1.54) is 11.6 Å². The maximum absolute atomic E-state index is 12.5. The first kappa shape index (κ1) is 20.1. The van der Waals surface area contributed by atoms with Gasteiger partial charge in [0.15, 0.2) is 0 Å². The minimum absolute atomic E-state index is 0.0347. The number of carbonyl (C=O) groups is 2. The summed E-state index contributed by atoms with van der Waals surface area (Å²) in [4.78, 5) is 24.6. The van der Waals surface area contributed by atoms with Crippen LogP contribution in [0.5, 0.6) is 0 Å². The summed E-state index contributed by atoms with van der Waals surface area (Å²) < 4.78 is 5.15. The number of furan rings is 1. The smallest absolute Gasteiger partial charge is 0.255 e. The van der Waals surface area contributed by atoms with Gasteiger partial charge in [0.05, 0.1) is 6.26 Å². The first-order valence-electron chi connectivity index (χ1n) is 9.36. The predicted molar refractivity (Wildman–Crippen MR) is 116 cm³/mol. The Balaban J connectivity index is 1.63. The molecule has 1 heterocycles. The van der Waals surface area contributed by atoms with Crippen molar-refractivity contribution in [3.63, 3.8) is 0 Å². The summed E-state index contributed by atoms with van der Waals surface area (Å²) in [5, 5.41) is 5.62. The molecular formula is C24H24N2O3. The van der Waals surface area contributed by atoms with E-state index in [0.29, 0.717) is 22.7 Å². The van der Waals surface area contributed by atoms with Crippen molar-refractivity contribution in [2.24, 2.45) is 0 Å². The fourth-order valence-corrected chi connectivity index (χ4v) is 2.73. The van der Waals surface area contributed by atoms with Gasteiger partial charge in [0.25, 0.3) is 5.91 Å². The van der Waals surface area contributed by atoms with E-state index in [9.17, 15) is 9.59 Å². The normalized spacial score (nSPS) is 11.4. The second-order valence-corrected chi connectivity index (χ2v) is 7.70. The SMILES string of the molecule is CC(C)(C)c1ccc(C(=O)Nc2cccc(NC(=O)/C=C/c3ccco3)c2)cc1. The molecule has 0 bridgehead atoms. The van der Waals surface area contributed by atoms with Crippen LogP contribution in [0.3, 0.4) is 0 Å². The predicted octanol–water partition coefficient (Wildman–Crippen LogP) is 5.48. The highest BCUT2D eigenvalue weighted by molar-refractivity contribution is 6.05. The topological polar surface area (TPSA) is 71.3 Å². The van der Waals surface area contributed by atoms with Gasteiger partial charge in [-0.15, -0.1) is 0 Å². The standard InChI is InChI=1S/C24H24N2O3/c1-24(2,3)18-11-9-17(10-12-18)23(28)26-20-7-4-6-19(16-20)25-22(27)14-13-21-8-5-15-29-21/h4-16H,1-3H3,(H,25,27)(H,26,28)/b14-13+. The van der Waals surface area contributed by atoms with Crippen LogP contribution < -0.4 is 10.6 Å². The Labute approximate surface area is 170 Å². The van der Waals surface area contributed by atoms with E-state index in [1.807, 2.05) is 24.3 Å². The van der Waals surface area contributed by atoms with E-state index in [1.54, 1.807) is 48.7 Å². The average molecular weight is 388 g/mol. The molecule has 0 radical (unpaired) electrons. The highest BCUT2D eigenvalue weighted by atomic mass is 16.3. The third kappa shape index (κ3) is 5.69. The third-order valence-electron chi connectivity index (χ3n) is 4.34. The number of anilines is 2. The molecule has 0 atom stereocenters. The second kappa shape index (κ2) is 8.61. The molecule has 5 nitrogen and oxygen atoms in total. The highest BCUT2D eigenvalue weighted by Crippen LogP contribution is 2.23. The van der Waals surface area contributed by atoms with Gasteiger partial charge in [-0.25, -0.2) is 0 Å². The zero-order valence-corrected chi connectivity index (χ0v) is 16.7. The van der Waals surface area contributed by atoms with Crippen LogP contribution in [0.4, 0.5) is 11.4 Å². The molecule has 0 fully saturated rings. The van der Waals surface area contributed by atoms with Crippen molar-refractivity contribution in [2.45, 2.75) is 26.2 Å². The van der Waals surface area contributed by atoms with Crippen LogP contribution >= 0.6 is 0 Å². The average Bonchev–Trinajstić information content (AvgIpc) is 3.20. The van der Waals surface area contributed by atoms with Crippen LogP contribution in [0, 0.1) is 0 Å². The number of rotatable bonds is 5. The Bertz CT molecular complexity index is 1010. The molecule has 3 aromatic rings. The van der Waals surface area contributed by atoms with Gasteiger partial charge in [0.2, 0.25) is 5.91 Å². The molecule has 0 aliphatic carbocycles. The number of benzene rings is 2. The van der Waals surface area contributed by atoms with Crippen molar-refractivity contribution in [1.29, 1.82) is 0 Å². The molecule has 0 aliphatic rings. The first-order chi connectivity index (χ1) is 13.8. The van der Waals surface area contributed by atoms with Crippen molar-refractivity contribution >= 4 is 29.3 Å². The van der Waals surface area contributed by atoms with Crippen molar-refractivity contribution in [3.8, 4) is 0 Å². The van der Waals surface area contributed by atoms with Crippen molar-refractivity contribution in [3.05, 3.63) is 89.9 Å². The number of nitrogens with one attached hydrogen (secondary N) is 2. The van der Waals surface area contributed by atoms with Gasteiger partial charge >= 0.3 is 0 Å². The number of carbonyl (C=O) groups excluding carboxylic acids is 2. The third-order valence-corrected chi connectivity index (χ3v) is 4.34. The van der Waals surface area contributed by atoms with Gasteiger partial charge in [0, 0.05) is 23.0 Å². The molecule has 148 valence electrons. The monoisotopic (exact) mass is 388 g/mol. The molecule has 0 saturated carbocycles. The van der Waals surface area contributed by atoms with Crippen molar-refractivity contribution in [1.82, 2.24) is 0 Å². The summed E-state index contributed by atoms with van der Waals surface area (Å²) in [5.74, 6) is 0.105. The van der Waals surface area contributed by atoms with Gasteiger partial charge in [-0.3, -0.25) is 9.59 Å². The van der Waals surface area contributed by atoms with Crippen molar-refractivity contribution < 1.29 is 14.0 Å². The maximum atomic E-state index is 12.5. The van der Waals surface area contributed by atoms with Crippen LogP contribution in [0.2, 0.25) is 0 Å². The molecule has 1 aromatic heterocycles. The van der Waals surface area contributed by atoms with Gasteiger partial charge in [-0.2, -0.15) is 0 Å². The Morgan fingerprint density at radius 1 is 0.897 bits per heavy atom. The summed E-state index contributed by atoms with van der Waals surface area (Å²) in [5.41, 5.74) is 2.96. The van der Waals surface area contributed by atoms with Crippen LogP contribution in [0.1, 0.15) is 42.5 Å². The fourth-order valence-electron chi connectivity index (χ4n) is 2.73. The second-order valence-electron chi connectivity index (χ2n) is 7.70. The molecule has 3 rings (SSSR count). The highest BCUT2D eigenvalue weighted by Gasteiger charge is 2.14. The lowest BCUT2D eigenvalue weighted by Gasteiger charge is -2.19.